The average molecular weight is 302 g/mol. The van der Waals surface area contributed by atoms with Crippen LogP contribution in [0.3, 0.4) is 0 Å². The number of carbonyl (C=O) groups is 1. The molecular weight excluding hydrogens is 284 g/mol. The summed E-state index contributed by atoms with van der Waals surface area (Å²) in [5.41, 5.74) is 0.876. The molecule has 5 nitrogen and oxygen atoms in total. The van der Waals surface area contributed by atoms with Crippen LogP contribution in [0.4, 0.5) is 0 Å². The first kappa shape index (κ1) is 15.7. The Balaban J connectivity index is 2.38. The molecule has 2 aromatic rings. The second-order valence-electron chi connectivity index (χ2n) is 4.93. The van der Waals surface area contributed by atoms with Gasteiger partial charge in [-0.1, -0.05) is 6.92 Å². The summed E-state index contributed by atoms with van der Waals surface area (Å²) in [6.07, 6.45) is 0. The molecule has 0 bridgehead atoms. The molecule has 0 amide bonds. The molecule has 0 saturated heterocycles. The van der Waals surface area contributed by atoms with Gasteiger partial charge in [0.25, 0.3) is 0 Å². The number of Topliss-reactive ketones (excluding diaryl/α,β-unsaturated/α-hetero) is 1. The van der Waals surface area contributed by atoms with E-state index in [2.05, 4.69) is 0 Å². The highest BCUT2D eigenvalue weighted by Crippen LogP contribution is 2.32. The van der Waals surface area contributed by atoms with Gasteiger partial charge < -0.3 is 19.7 Å². The van der Waals surface area contributed by atoms with E-state index in [0.717, 1.165) is 6.07 Å². The standard InChI is InChI=1S/C17H18O5/c1-10(11-6-13(21-2)9-14(7-11)22-3)17(20)15-5-4-12(18)8-16(15)19/h4-10,18-19H,1-3H3. The number of benzene rings is 2. The van der Waals surface area contributed by atoms with Gasteiger partial charge in [0.1, 0.15) is 23.0 Å². The van der Waals surface area contributed by atoms with Gasteiger partial charge in [-0.05, 0) is 29.8 Å². The molecule has 22 heavy (non-hydrogen) atoms. The summed E-state index contributed by atoms with van der Waals surface area (Å²) in [5.74, 6) is 0.0802. The Hall–Kier alpha value is -2.69. The van der Waals surface area contributed by atoms with E-state index in [4.69, 9.17) is 9.47 Å². The Labute approximate surface area is 128 Å². The zero-order valence-corrected chi connectivity index (χ0v) is 12.7. The van der Waals surface area contributed by atoms with Crippen LogP contribution in [-0.4, -0.2) is 30.2 Å². The van der Waals surface area contributed by atoms with Crippen molar-refractivity contribution in [2.45, 2.75) is 12.8 Å². The first-order chi connectivity index (χ1) is 10.5. The van der Waals surface area contributed by atoms with E-state index in [0.29, 0.717) is 17.1 Å². The molecule has 0 spiro atoms. The third kappa shape index (κ3) is 3.14. The second-order valence-corrected chi connectivity index (χ2v) is 4.93. The Morgan fingerprint density at radius 1 is 1.00 bits per heavy atom. The first-order valence-electron chi connectivity index (χ1n) is 6.75. The van der Waals surface area contributed by atoms with Gasteiger partial charge in [0.2, 0.25) is 0 Å². The Morgan fingerprint density at radius 2 is 1.59 bits per heavy atom. The lowest BCUT2D eigenvalue weighted by Gasteiger charge is -2.15. The molecular formula is C17H18O5. The number of phenols is 2. The van der Waals surface area contributed by atoms with Crippen molar-refractivity contribution in [1.82, 2.24) is 0 Å². The van der Waals surface area contributed by atoms with Crippen molar-refractivity contribution in [3.05, 3.63) is 47.5 Å². The molecule has 2 rings (SSSR count). The zero-order chi connectivity index (χ0) is 16.3. The molecule has 0 aliphatic rings. The molecule has 2 aromatic carbocycles. The van der Waals surface area contributed by atoms with E-state index in [9.17, 15) is 15.0 Å². The minimum absolute atomic E-state index is 0.0928. The van der Waals surface area contributed by atoms with Crippen molar-refractivity contribution in [3.8, 4) is 23.0 Å². The van der Waals surface area contributed by atoms with Gasteiger partial charge in [-0.15, -0.1) is 0 Å². The summed E-state index contributed by atoms with van der Waals surface area (Å²) in [4.78, 5) is 12.6. The predicted molar refractivity (Wildman–Crippen MR) is 82.1 cm³/mol. The van der Waals surface area contributed by atoms with Gasteiger partial charge in [-0.3, -0.25) is 4.79 Å². The number of ketones is 1. The van der Waals surface area contributed by atoms with Gasteiger partial charge in [0.05, 0.1) is 19.8 Å². The predicted octanol–water partition coefficient (Wildman–Crippen LogP) is 3.10. The lowest BCUT2D eigenvalue weighted by Crippen LogP contribution is -2.10. The van der Waals surface area contributed by atoms with E-state index in [-0.39, 0.29) is 22.8 Å². The summed E-state index contributed by atoms with van der Waals surface area (Å²) in [6, 6.07) is 9.14. The van der Waals surface area contributed by atoms with Crippen LogP contribution in [0, 0.1) is 0 Å². The molecule has 0 aliphatic carbocycles. The van der Waals surface area contributed by atoms with Crippen molar-refractivity contribution < 1.29 is 24.5 Å². The fourth-order valence-corrected chi connectivity index (χ4v) is 2.19. The topological polar surface area (TPSA) is 76.0 Å². The van der Waals surface area contributed by atoms with Crippen molar-refractivity contribution >= 4 is 5.78 Å². The maximum atomic E-state index is 12.6. The maximum absolute atomic E-state index is 12.6. The van der Waals surface area contributed by atoms with E-state index in [1.165, 1.54) is 26.4 Å². The van der Waals surface area contributed by atoms with E-state index < -0.39 is 5.92 Å². The third-order valence-electron chi connectivity index (χ3n) is 3.51. The van der Waals surface area contributed by atoms with Crippen LogP contribution in [0.2, 0.25) is 0 Å². The molecule has 0 aromatic heterocycles. The van der Waals surface area contributed by atoms with Crippen LogP contribution in [0.5, 0.6) is 23.0 Å². The fraction of sp³-hybridized carbons (Fsp3) is 0.235. The highest BCUT2D eigenvalue weighted by atomic mass is 16.5. The minimum atomic E-state index is -0.501. The van der Waals surface area contributed by atoms with Gasteiger partial charge in [0.15, 0.2) is 5.78 Å². The summed E-state index contributed by atoms with van der Waals surface area (Å²) in [6.45, 7) is 1.74. The molecule has 1 unspecified atom stereocenters. The zero-order valence-electron chi connectivity index (χ0n) is 12.7. The molecule has 1 atom stereocenters. The van der Waals surface area contributed by atoms with Crippen LogP contribution in [-0.2, 0) is 0 Å². The number of hydrogen-bond donors (Lipinski definition) is 2. The molecule has 0 heterocycles. The summed E-state index contributed by atoms with van der Waals surface area (Å²) >= 11 is 0. The summed E-state index contributed by atoms with van der Waals surface area (Å²) in [7, 11) is 3.08. The van der Waals surface area contributed by atoms with Crippen LogP contribution in [0.15, 0.2) is 36.4 Å². The monoisotopic (exact) mass is 302 g/mol. The van der Waals surface area contributed by atoms with Crippen LogP contribution >= 0.6 is 0 Å². The molecule has 0 fully saturated rings. The second kappa shape index (κ2) is 6.39. The van der Waals surface area contributed by atoms with Gasteiger partial charge in [-0.25, -0.2) is 0 Å². The third-order valence-corrected chi connectivity index (χ3v) is 3.51. The number of methoxy groups -OCH3 is 2. The summed E-state index contributed by atoms with van der Waals surface area (Å²) in [5, 5.41) is 19.1. The number of aromatic hydroxyl groups is 2. The lowest BCUT2D eigenvalue weighted by atomic mass is 9.91. The molecule has 5 heteroatoms. The number of hydrogen-bond acceptors (Lipinski definition) is 5. The highest BCUT2D eigenvalue weighted by Gasteiger charge is 2.21. The van der Waals surface area contributed by atoms with Gasteiger partial charge in [0, 0.05) is 18.1 Å². The Morgan fingerprint density at radius 3 is 2.09 bits per heavy atom. The smallest absolute Gasteiger partial charge is 0.173 e. The number of phenolic OH excluding ortho intramolecular Hbond substituents is 2. The molecule has 2 N–H and O–H groups in total. The quantitative estimate of drug-likeness (QED) is 0.830. The first-order valence-corrected chi connectivity index (χ1v) is 6.75. The van der Waals surface area contributed by atoms with E-state index in [1.807, 2.05) is 0 Å². The van der Waals surface area contributed by atoms with Crippen LogP contribution < -0.4 is 9.47 Å². The van der Waals surface area contributed by atoms with Gasteiger partial charge in [-0.2, -0.15) is 0 Å². The van der Waals surface area contributed by atoms with Crippen molar-refractivity contribution in [3.63, 3.8) is 0 Å². The van der Waals surface area contributed by atoms with E-state index >= 15 is 0 Å². The molecule has 0 saturated carbocycles. The molecule has 0 aliphatic heterocycles. The normalized spacial score (nSPS) is 11.8. The Bertz CT molecular complexity index is 671. The van der Waals surface area contributed by atoms with Crippen molar-refractivity contribution in [2.75, 3.05) is 14.2 Å². The Kier molecular flexibility index (Phi) is 4.56. The molecule has 0 radical (unpaired) electrons. The number of ether oxygens (including phenoxy) is 2. The lowest BCUT2D eigenvalue weighted by molar-refractivity contribution is 0.0963. The van der Waals surface area contributed by atoms with Crippen molar-refractivity contribution in [1.29, 1.82) is 0 Å². The van der Waals surface area contributed by atoms with Crippen molar-refractivity contribution in [2.24, 2.45) is 0 Å². The molecule has 116 valence electrons. The van der Waals surface area contributed by atoms with Crippen LogP contribution in [0.25, 0.3) is 0 Å². The summed E-state index contributed by atoms with van der Waals surface area (Å²) < 4.78 is 10.4. The van der Waals surface area contributed by atoms with Gasteiger partial charge >= 0.3 is 0 Å². The number of carbonyl (C=O) groups excluding carboxylic acids is 1. The fourth-order valence-electron chi connectivity index (χ4n) is 2.19. The maximum Gasteiger partial charge on any atom is 0.173 e. The minimum Gasteiger partial charge on any atom is -0.508 e. The average Bonchev–Trinajstić information content (AvgIpc) is 2.53. The largest absolute Gasteiger partial charge is 0.508 e. The highest BCUT2D eigenvalue weighted by molar-refractivity contribution is 6.03. The van der Waals surface area contributed by atoms with E-state index in [1.54, 1.807) is 25.1 Å². The SMILES string of the molecule is COc1cc(OC)cc(C(C)C(=O)c2ccc(O)cc2O)c1. The number of rotatable bonds is 5. The van der Waals surface area contributed by atoms with Crippen LogP contribution in [0.1, 0.15) is 28.8 Å².